The molecule has 0 bridgehead atoms. The van der Waals surface area contributed by atoms with E-state index in [2.05, 4.69) is 10.3 Å². The number of fused-ring (bicyclic) bond motifs is 1. The molecule has 0 fully saturated rings. The molecule has 0 radical (unpaired) electrons. The summed E-state index contributed by atoms with van der Waals surface area (Å²) in [6.07, 6.45) is -0.856. The predicted molar refractivity (Wildman–Crippen MR) is 80.4 cm³/mol. The Bertz CT molecular complexity index is 786. The molecule has 22 heavy (non-hydrogen) atoms. The average molecular weight is 302 g/mol. The van der Waals surface area contributed by atoms with E-state index in [-0.39, 0.29) is 11.4 Å². The zero-order valence-corrected chi connectivity index (χ0v) is 11.6. The van der Waals surface area contributed by atoms with Gasteiger partial charge in [0.1, 0.15) is 5.82 Å². The van der Waals surface area contributed by atoms with Gasteiger partial charge in [-0.05, 0) is 23.8 Å². The Morgan fingerprint density at radius 2 is 1.77 bits per heavy atom. The van der Waals surface area contributed by atoms with Crippen molar-refractivity contribution in [2.45, 2.75) is 13.0 Å². The first-order valence-electron chi connectivity index (χ1n) is 6.78. The highest BCUT2D eigenvalue weighted by Crippen LogP contribution is 2.23. The molecule has 1 N–H and O–H groups in total. The highest BCUT2D eigenvalue weighted by Gasteiger charge is 2.06. The third-order valence-corrected chi connectivity index (χ3v) is 3.42. The largest absolute Gasteiger partial charge is 0.380 e. The van der Waals surface area contributed by atoms with Crippen molar-refractivity contribution >= 4 is 16.6 Å². The summed E-state index contributed by atoms with van der Waals surface area (Å²) in [5, 5.41) is 4.04. The van der Waals surface area contributed by atoms with Crippen LogP contribution in [0, 0.1) is 5.82 Å². The first-order valence-corrected chi connectivity index (χ1v) is 6.78. The Balaban J connectivity index is 1.79. The third-order valence-electron chi connectivity index (χ3n) is 3.42. The fourth-order valence-electron chi connectivity index (χ4n) is 2.25. The van der Waals surface area contributed by atoms with E-state index < -0.39 is 6.43 Å². The van der Waals surface area contributed by atoms with Gasteiger partial charge in [0.2, 0.25) is 0 Å². The molecule has 1 heterocycles. The van der Waals surface area contributed by atoms with Gasteiger partial charge < -0.3 is 5.32 Å². The Morgan fingerprint density at radius 3 is 2.50 bits per heavy atom. The number of alkyl halides is 2. The van der Waals surface area contributed by atoms with E-state index in [1.54, 1.807) is 30.5 Å². The minimum absolute atomic E-state index is 0.00795. The topological polar surface area (TPSA) is 24.9 Å². The monoisotopic (exact) mass is 302 g/mol. The van der Waals surface area contributed by atoms with E-state index in [4.69, 9.17) is 0 Å². The van der Waals surface area contributed by atoms with Crippen LogP contribution in [0.3, 0.4) is 0 Å². The van der Waals surface area contributed by atoms with Crippen LogP contribution in [-0.4, -0.2) is 4.98 Å². The molecule has 0 spiro atoms. The lowest BCUT2D eigenvalue weighted by Crippen LogP contribution is -2.00. The van der Waals surface area contributed by atoms with Gasteiger partial charge in [-0.2, -0.15) is 0 Å². The Hall–Kier alpha value is -2.56. The molecule has 1 aromatic heterocycles. The SMILES string of the molecule is Fc1ccc2c(NCc3ccc(C(F)F)cc3)ccnc2c1. The summed E-state index contributed by atoms with van der Waals surface area (Å²) in [4.78, 5) is 4.13. The van der Waals surface area contributed by atoms with Crippen LogP contribution >= 0.6 is 0 Å². The third kappa shape index (κ3) is 3.03. The van der Waals surface area contributed by atoms with Gasteiger partial charge in [0.25, 0.3) is 6.43 Å². The molecule has 0 atom stereocenters. The van der Waals surface area contributed by atoms with Crippen molar-refractivity contribution < 1.29 is 13.2 Å². The number of nitrogens with one attached hydrogen (secondary N) is 1. The smallest absolute Gasteiger partial charge is 0.263 e. The van der Waals surface area contributed by atoms with E-state index in [1.165, 1.54) is 24.3 Å². The van der Waals surface area contributed by atoms with Crippen LogP contribution in [0.15, 0.2) is 54.7 Å². The van der Waals surface area contributed by atoms with Crippen LogP contribution in [0.1, 0.15) is 17.6 Å². The number of halogens is 3. The van der Waals surface area contributed by atoms with Crippen molar-refractivity contribution in [1.29, 1.82) is 0 Å². The number of benzene rings is 2. The highest BCUT2D eigenvalue weighted by molar-refractivity contribution is 5.90. The van der Waals surface area contributed by atoms with Crippen molar-refractivity contribution in [3.05, 3.63) is 71.7 Å². The lowest BCUT2D eigenvalue weighted by molar-refractivity contribution is 0.151. The lowest BCUT2D eigenvalue weighted by atomic mass is 10.1. The van der Waals surface area contributed by atoms with Gasteiger partial charge in [0.15, 0.2) is 0 Å². The number of rotatable bonds is 4. The summed E-state index contributed by atoms with van der Waals surface area (Å²) in [6, 6.07) is 12.4. The quantitative estimate of drug-likeness (QED) is 0.739. The predicted octanol–water partition coefficient (Wildman–Crippen LogP) is 4.92. The van der Waals surface area contributed by atoms with Gasteiger partial charge in [-0.1, -0.05) is 24.3 Å². The van der Waals surface area contributed by atoms with Gasteiger partial charge in [-0.25, -0.2) is 13.2 Å². The minimum atomic E-state index is -2.46. The summed E-state index contributed by atoms with van der Waals surface area (Å²) < 4.78 is 38.2. The van der Waals surface area contributed by atoms with Crippen LogP contribution in [0.25, 0.3) is 10.9 Å². The molecule has 3 rings (SSSR count). The number of anilines is 1. The molecular formula is C17H13F3N2. The molecule has 0 aliphatic rings. The molecule has 2 aromatic carbocycles. The summed E-state index contributed by atoms with van der Waals surface area (Å²) in [5.41, 5.74) is 2.28. The number of hydrogen-bond acceptors (Lipinski definition) is 2. The first kappa shape index (κ1) is 14.4. The van der Waals surface area contributed by atoms with Gasteiger partial charge in [-0.3, -0.25) is 4.98 Å². The van der Waals surface area contributed by atoms with Gasteiger partial charge in [0.05, 0.1) is 5.52 Å². The van der Waals surface area contributed by atoms with Crippen LogP contribution in [0.2, 0.25) is 0 Å². The standard InChI is InChI=1S/C17H13F3N2/c18-13-5-6-14-15(7-8-21-16(14)9-13)22-10-11-1-3-12(4-2-11)17(19)20/h1-9,17H,10H2,(H,21,22). The Labute approximate surface area is 125 Å². The van der Waals surface area contributed by atoms with Crippen molar-refractivity contribution in [3.8, 4) is 0 Å². The Morgan fingerprint density at radius 1 is 1.00 bits per heavy atom. The normalized spacial score (nSPS) is 11.1. The molecule has 0 amide bonds. The number of nitrogens with zero attached hydrogens (tertiary/aromatic N) is 1. The second-order valence-corrected chi connectivity index (χ2v) is 4.92. The second kappa shape index (κ2) is 6.05. The minimum Gasteiger partial charge on any atom is -0.380 e. The molecule has 3 aromatic rings. The van der Waals surface area contributed by atoms with Crippen LogP contribution < -0.4 is 5.32 Å². The van der Waals surface area contributed by atoms with Crippen molar-refractivity contribution in [2.75, 3.05) is 5.32 Å². The van der Waals surface area contributed by atoms with E-state index in [0.29, 0.717) is 12.1 Å². The lowest BCUT2D eigenvalue weighted by Gasteiger charge is -2.10. The van der Waals surface area contributed by atoms with Crippen LogP contribution in [0.4, 0.5) is 18.9 Å². The number of aromatic nitrogens is 1. The molecule has 0 aliphatic heterocycles. The maximum Gasteiger partial charge on any atom is 0.263 e. The maximum atomic E-state index is 13.2. The molecule has 0 saturated carbocycles. The van der Waals surface area contributed by atoms with Crippen molar-refractivity contribution in [3.63, 3.8) is 0 Å². The molecule has 112 valence electrons. The second-order valence-electron chi connectivity index (χ2n) is 4.92. The maximum absolute atomic E-state index is 13.2. The van der Waals surface area contributed by atoms with E-state index in [9.17, 15) is 13.2 Å². The highest BCUT2D eigenvalue weighted by atomic mass is 19.3. The molecular weight excluding hydrogens is 289 g/mol. The molecule has 0 unspecified atom stereocenters. The summed E-state index contributed by atoms with van der Waals surface area (Å²) in [7, 11) is 0. The molecule has 5 heteroatoms. The van der Waals surface area contributed by atoms with Crippen molar-refractivity contribution in [2.24, 2.45) is 0 Å². The van der Waals surface area contributed by atoms with Crippen LogP contribution in [0.5, 0.6) is 0 Å². The average Bonchev–Trinajstić information content (AvgIpc) is 2.52. The molecule has 0 saturated heterocycles. The first-order chi connectivity index (χ1) is 10.6. The zero-order chi connectivity index (χ0) is 15.5. The molecule has 2 nitrogen and oxygen atoms in total. The fraction of sp³-hybridized carbons (Fsp3) is 0.118. The fourth-order valence-corrected chi connectivity index (χ4v) is 2.25. The summed E-state index contributed by atoms with van der Waals surface area (Å²) in [6.45, 7) is 0.486. The van der Waals surface area contributed by atoms with E-state index >= 15 is 0 Å². The van der Waals surface area contributed by atoms with Gasteiger partial charge >= 0.3 is 0 Å². The van der Waals surface area contributed by atoms with Gasteiger partial charge in [0, 0.05) is 35.4 Å². The number of pyridine rings is 1. The van der Waals surface area contributed by atoms with Crippen LogP contribution in [-0.2, 0) is 6.54 Å². The zero-order valence-electron chi connectivity index (χ0n) is 11.6. The Kier molecular flexibility index (Phi) is 3.96. The summed E-state index contributed by atoms with van der Waals surface area (Å²) >= 11 is 0. The van der Waals surface area contributed by atoms with E-state index in [1.807, 2.05) is 0 Å². The molecule has 0 aliphatic carbocycles. The van der Waals surface area contributed by atoms with Gasteiger partial charge in [-0.15, -0.1) is 0 Å². The summed E-state index contributed by atoms with van der Waals surface area (Å²) in [5.74, 6) is -0.334. The van der Waals surface area contributed by atoms with E-state index in [0.717, 1.165) is 16.6 Å². The number of hydrogen-bond donors (Lipinski definition) is 1. The van der Waals surface area contributed by atoms with Crippen molar-refractivity contribution in [1.82, 2.24) is 4.98 Å².